The third-order valence-electron chi connectivity index (χ3n) is 2.49. The zero-order valence-corrected chi connectivity index (χ0v) is 10.4. The minimum absolute atomic E-state index is 0.0948. The van der Waals surface area contributed by atoms with Crippen LogP contribution in [0.2, 0.25) is 10.0 Å². The molecule has 0 bridgehead atoms. The van der Waals surface area contributed by atoms with Gasteiger partial charge in [0.25, 0.3) is 0 Å². The van der Waals surface area contributed by atoms with E-state index in [4.69, 9.17) is 28.3 Å². The third-order valence-corrected chi connectivity index (χ3v) is 3.19. The van der Waals surface area contributed by atoms with Crippen molar-refractivity contribution in [2.75, 3.05) is 13.7 Å². The highest BCUT2D eigenvalue weighted by Crippen LogP contribution is 2.25. The highest BCUT2D eigenvalue weighted by molar-refractivity contribution is 6.35. The third kappa shape index (κ3) is 3.35. The van der Waals surface area contributed by atoms with Crippen LogP contribution < -0.4 is 0 Å². The van der Waals surface area contributed by atoms with Gasteiger partial charge < -0.3 is 5.11 Å². The topological polar surface area (TPSA) is 23.5 Å². The number of hydrogen-bond acceptors (Lipinski definition) is 2. The molecule has 0 saturated carbocycles. The van der Waals surface area contributed by atoms with E-state index in [1.165, 1.54) is 0 Å². The number of hydrogen-bond donors (Lipinski definition) is 1. The first-order chi connectivity index (χ1) is 7.06. The van der Waals surface area contributed by atoms with Gasteiger partial charge in [0.1, 0.15) is 0 Å². The van der Waals surface area contributed by atoms with Crippen molar-refractivity contribution in [1.82, 2.24) is 4.90 Å². The summed E-state index contributed by atoms with van der Waals surface area (Å²) in [5.74, 6) is 0. The smallest absolute Gasteiger partial charge is 0.0584 e. The molecule has 0 fully saturated rings. The van der Waals surface area contributed by atoms with Crippen molar-refractivity contribution in [3.8, 4) is 0 Å². The lowest BCUT2D eigenvalue weighted by Crippen LogP contribution is -2.31. The van der Waals surface area contributed by atoms with E-state index in [1.54, 1.807) is 0 Å². The Hall–Kier alpha value is -0.280. The fourth-order valence-electron chi connectivity index (χ4n) is 1.23. The second-order valence-corrected chi connectivity index (χ2v) is 4.46. The molecule has 1 aromatic carbocycles. The van der Waals surface area contributed by atoms with Gasteiger partial charge in [-0.2, -0.15) is 0 Å². The van der Waals surface area contributed by atoms with Gasteiger partial charge in [-0.15, -0.1) is 0 Å². The predicted octanol–water partition coefficient (Wildman–Crippen LogP) is 2.81. The summed E-state index contributed by atoms with van der Waals surface area (Å²) in [6, 6.07) is 5.56. The Labute approximate surface area is 100 Å². The van der Waals surface area contributed by atoms with Crippen LogP contribution in [-0.4, -0.2) is 29.7 Å². The van der Waals surface area contributed by atoms with Crippen LogP contribution in [0.15, 0.2) is 18.2 Å². The Bertz CT molecular complexity index is 310. The highest BCUT2D eigenvalue weighted by Gasteiger charge is 2.12. The number of nitrogens with zero attached hydrogens (tertiary/aromatic N) is 1. The molecule has 0 spiro atoms. The van der Waals surface area contributed by atoms with Crippen LogP contribution in [0.4, 0.5) is 0 Å². The number of aliphatic hydroxyl groups is 1. The maximum absolute atomic E-state index is 9.01. The van der Waals surface area contributed by atoms with Gasteiger partial charge in [0.2, 0.25) is 0 Å². The summed E-state index contributed by atoms with van der Waals surface area (Å²) in [4.78, 5) is 2.01. The molecule has 0 aromatic heterocycles. The molecule has 1 atom stereocenters. The van der Waals surface area contributed by atoms with Crippen LogP contribution in [0.3, 0.4) is 0 Å². The SMILES string of the molecule is CC(CO)N(C)Cc1c(Cl)cccc1Cl. The Morgan fingerprint density at radius 3 is 2.33 bits per heavy atom. The van der Waals surface area contributed by atoms with Crippen molar-refractivity contribution >= 4 is 23.2 Å². The van der Waals surface area contributed by atoms with Crippen molar-refractivity contribution in [1.29, 1.82) is 0 Å². The van der Waals surface area contributed by atoms with Crippen molar-refractivity contribution in [3.63, 3.8) is 0 Å². The lowest BCUT2D eigenvalue weighted by atomic mass is 10.2. The summed E-state index contributed by atoms with van der Waals surface area (Å²) in [6.45, 7) is 2.71. The zero-order chi connectivity index (χ0) is 11.4. The predicted molar refractivity (Wildman–Crippen MR) is 64.5 cm³/mol. The van der Waals surface area contributed by atoms with Gasteiger partial charge in [0.05, 0.1) is 6.61 Å². The summed E-state index contributed by atoms with van der Waals surface area (Å²) < 4.78 is 0. The van der Waals surface area contributed by atoms with E-state index < -0.39 is 0 Å². The molecule has 0 saturated heterocycles. The number of rotatable bonds is 4. The second kappa shape index (κ2) is 5.71. The monoisotopic (exact) mass is 247 g/mol. The summed E-state index contributed by atoms with van der Waals surface area (Å²) in [7, 11) is 1.93. The van der Waals surface area contributed by atoms with E-state index in [0.717, 1.165) is 5.56 Å². The van der Waals surface area contributed by atoms with Crippen LogP contribution in [0.1, 0.15) is 12.5 Å². The number of halogens is 2. The molecule has 1 rings (SSSR count). The molecular formula is C11H15Cl2NO. The number of likely N-dealkylation sites (N-methyl/N-ethyl adjacent to an activating group) is 1. The van der Waals surface area contributed by atoms with Gasteiger partial charge >= 0.3 is 0 Å². The first-order valence-corrected chi connectivity index (χ1v) is 5.55. The minimum Gasteiger partial charge on any atom is -0.395 e. The molecule has 4 heteroatoms. The molecule has 0 aliphatic heterocycles. The molecular weight excluding hydrogens is 233 g/mol. The van der Waals surface area contributed by atoms with E-state index in [1.807, 2.05) is 37.1 Å². The van der Waals surface area contributed by atoms with Crippen LogP contribution in [0.5, 0.6) is 0 Å². The summed E-state index contributed by atoms with van der Waals surface area (Å²) >= 11 is 12.1. The fraction of sp³-hybridized carbons (Fsp3) is 0.455. The van der Waals surface area contributed by atoms with Crippen molar-refractivity contribution in [2.24, 2.45) is 0 Å². The summed E-state index contributed by atoms with van der Waals surface area (Å²) in [6.07, 6.45) is 0. The largest absolute Gasteiger partial charge is 0.395 e. The van der Waals surface area contributed by atoms with Crippen molar-refractivity contribution in [2.45, 2.75) is 19.5 Å². The number of aliphatic hydroxyl groups excluding tert-OH is 1. The average Bonchev–Trinajstić information content (AvgIpc) is 2.22. The maximum Gasteiger partial charge on any atom is 0.0584 e. The first-order valence-electron chi connectivity index (χ1n) is 4.80. The molecule has 1 aromatic rings. The molecule has 1 unspecified atom stereocenters. The molecule has 0 radical (unpaired) electrons. The number of benzene rings is 1. The molecule has 0 heterocycles. The van der Waals surface area contributed by atoms with Gasteiger partial charge in [0.15, 0.2) is 0 Å². The lowest BCUT2D eigenvalue weighted by molar-refractivity contribution is 0.154. The molecule has 0 aliphatic carbocycles. The van der Waals surface area contributed by atoms with E-state index in [0.29, 0.717) is 16.6 Å². The van der Waals surface area contributed by atoms with Gasteiger partial charge in [-0.1, -0.05) is 29.3 Å². The van der Waals surface area contributed by atoms with Gasteiger partial charge in [-0.25, -0.2) is 0 Å². The van der Waals surface area contributed by atoms with Crippen LogP contribution in [0, 0.1) is 0 Å². The minimum atomic E-state index is 0.0948. The van der Waals surface area contributed by atoms with Crippen LogP contribution in [-0.2, 0) is 6.54 Å². The molecule has 0 aliphatic rings. The van der Waals surface area contributed by atoms with Gasteiger partial charge in [-0.05, 0) is 26.1 Å². The quantitative estimate of drug-likeness (QED) is 0.885. The Kier molecular flexibility index (Phi) is 4.87. The lowest BCUT2D eigenvalue weighted by Gasteiger charge is -2.23. The normalized spacial score (nSPS) is 13.2. The molecule has 15 heavy (non-hydrogen) atoms. The van der Waals surface area contributed by atoms with E-state index in [2.05, 4.69) is 0 Å². The first kappa shape index (κ1) is 12.8. The molecule has 2 nitrogen and oxygen atoms in total. The Morgan fingerprint density at radius 2 is 1.87 bits per heavy atom. The Morgan fingerprint density at radius 1 is 1.33 bits per heavy atom. The van der Waals surface area contributed by atoms with Crippen LogP contribution >= 0.6 is 23.2 Å². The standard InChI is InChI=1S/C11H15Cl2NO/c1-8(7-15)14(2)6-9-10(12)4-3-5-11(9)13/h3-5,8,15H,6-7H2,1-2H3. The van der Waals surface area contributed by atoms with E-state index in [-0.39, 0.29) is 12.6 Å². The van der Waals surface area contributed by atoms with E-state index >= 15 is 0 Å². The van der Waals surface area contributed by atoms with Gasteiger partial charge in [0, 0.05) is 28.2 Å². The maximum atomic E-state index is 9.01. The Balaban J connectivity index is 2.80. The second-order valence-electron chi connectivity index (χ2n) is 3.65. The fourth-order valence-corrected chi connectivity index (χ4v) is 1.74. The van der Waals surface area contributed by atoms with Crippen LogP contribution in [0.25, 0.3) is 0 Å². The highest BCUT2D eigenvalue weighted by atomic mass is 35.5. The van der Waals surface area contributed by atoms with Gasteiger partial charge in [-0.3, -0.25) is 4.90 Å². The van der Waals surface area contributed by atoms with E-state index in [9.17, 15) is 0 Å². The summed E-state index contributed by atoms with van der Waals surface area (Å²) in [5, 5.41) is 10.3. The zero-order valence-electron chi connectivity index (χ0n) is 8.87. The average molecular weight is 248 g/mol. The molecule has 84 valence electrons. The van der Waals surface area contributed by atoms with Crippen molar-refractivity contribution < 1.29 is 5.11 Å². The molecule has 0 amide bonds. The molecule has 1 N–H and O–H groups in total. The summed E-state index contributed by atoms with van der Waals surface area (Å²) in [5.41, 5.74) is 0.906. The van der Waals surface area contributed by atoms with Crippen molar-refractivity contribution in [3.05, 3.63) is 33.8 Å².